The number of unbranched alkanes of at least 4 members (excludes halogenated alkanes) is 1. The van der Waals surface area contributed by atoms with Gasteiger partial charge in [0.2, 0.25) is 0 Å². The molecular formula is C11H16O. The topological polar surface area (TPSA) is 20.2 Å². The van der Waals surface area contributed by atoms with Crippen LogP contribution in [-0.2, 0) is 0 Å². The number of allylic oxidation sites excluding steroid dienone is 1. The Morgan fingerprint density at radius 2 is 2.25 bits per heavy atom. The van der Waals surface area contributed by atoms with E-state index in [1.807, 2.05) is 6.08 Å². The number of rotatable bonds is 3. The molecule has 0 aromatic heterocycles. The molecular weight excluding hydrogens is 148 g/mol. The Balaban J connectivity index is 2.18. The molecule has 1 nitrogen and oxygen atoms in total. The van der Waals surface area contributed by atoms with Crippen molar-refractivity contribution in [2.75, 3.05) is 0 Å². The van der Waals surface area contributed by atoms with E-state index in [4.69, 9.17) is 6.42 Å². The first-order chi connectivity index (χ1) is 5.83. The van der Waals surface area contributed by atoms with E-state index in [-0.39, 0.29) is 6.10 Å². The van der Waals surface area contributed by atoms with Crippen LogP contribution < -0.4 is 0 Å². The molecule has 0 radical (unpaired) electrons. The van der Waals surface area contributed by atoms with Crippen LogP contribution in [0.3, 0.4) is 0 Å². The Morgan fingerprint density at radius 1 is 1.42 bits per heavy atom. The molecule has 0 aliphatic heterocycles. The molecule has 0 bridgehead atoms. The third-order valence-corrected chi connectivity index (χ3v) is 2.33. The molecule has 2 atom stereocenters. The van der Waals surface area contributed by atoms with Crippen molar-refractivity contribution in [1.29, 1.82) is 0 Å². The first-order valence-corrected chi connectivity index (χ1v) is 4.63. The Labute approximate surface area is 74.5 Å². The average Bonchev–Trinajstić information content (AvgIpc) is 2.09. The smallest absolute Gasteiger partial charge is 0.0721 e. The maximum atomic E-state index is 9.18. The summed E-state index contributed by atoms with van der Waals surface area (Å²) in [6.45, 7) is 0. The molecule has 0 saturated carbocycles. The largest absolute Gasteiger partial charge is 0.389 e. The van der Waals surface area contributed by atoms with Crippen LogP contribution in [0.2, 0.25) is 0 Å². The number of hydrogen-bond acceptors (Lipinski definition) is 1. The molecule has 2 unspecified atom stereocenters. The summed E-state index contributed by atoms with van der Waals surface area (Å²) in [4.78, 5) is 0. The zero-order valence-corrected chi connectivity index (χ0v) is 7.37. The van der Waals surface area contributed by atoms with Crippen LogP contribution >= 0.6 is 0 Å². The maximum Gasteiger partial charge on any atom is 0.0721 e. The fraction of sp³-hybridized carbons (Fsp3) is 0.636. The molecule has 1 rings (SSSR count). The van der Waals surface area contributed by atoms with Gasteiger partial charge in [0.1, 0.15) is 0 Å². The van der Waals surface area contributed by atoms with Gasteiger partial charge in [-0.15, -0.1) is 12.3 Å². The average molecular weight is 164 g/mol. The monoisotopic (exact) mass is 164 g/mol. The number of aliphatic hydroxyl groups excluding tert-OH is 1. The minimum Gasteiger partial charge on any atom is -0.389 e. The molecule has 1 aliphatic carbocycles. The van der Waals surface area contributed by atoms with Crippen molar-refractivity contribution in [1.82, 2.24) is 0 Å². The second kappa shape index (κ2) is 5.00. The van der Waals surface area contributed by atoms with Crippen molar-refractivity contribution in [3.05, 3.63) is 12.2 Å². The van der Waals surface area contributed by atoms with Crippen LogP contribution in [0.4, 0.5) is 0 Å². The first kappa shape index (κ1) is 9.35. The minimum absolute atomic E-state index is 0.200. The van der Waals surface area contributed by atoms with Crippen LogP contribution in [0.25, 0.3) is 0 Å². The van der Waals surface area contributed by atoms with Gasteiger partial charge < -0.3 is 5.11 Å². The molecule has 0 heterocycles. The first-order valence-electron chi connectivity index (χ1n) is 4.63. The zero-order valence-electron chi connectivity index (χ0n) is 7.37. The lowest BCUT2D eigenvalue weighted by Crippen LogP contribution is -2.11. The lowest BCUT2D eigenvalue weighted by Gasteiger charge is -2.18. The van der Waals surface area contributed by atoms with E-state index in [1.165, 1.54) is 6.42 Å². The predicted molar refractivity (Wildman–Crippen MR) is 50.6 cm³/mol. The summed E-state index contributed by atoms with van der Waals surface area (Å²) in [6, 6.07) is 0. The Morgan fingerprint density at radius 3 is 2.83 bits per heavy atom. The highest BCUT2D eigenvalue weighted by atomic mass is 16.3. The summed E-state index contributed by atoms with van der Waals surface area (Å²) in [5, 5.41) is 9.18. The summed E-state index contributed by atoms with van der Waals surface area (Å²) in [5.74, 6) is 3.30. The zero-order chi connectivity index (χ0) is 8.81. The molecule has 0 fully saturated rings. The maximum absolute atomic E-state index is 9.18. The van der Waals surface area contributed by atoms with Gasteiger partial charge in [0.15, 0.2) is 0 Å². The highest BCUT2D eigenvalue weighted by Crippen LogP contribution is 2.22. The van der Waals surface area contributed by atoms with Gasteiger partial charge in [0.05, 0.1) is 6.10 Å². The Hall–Kier alpha value is -0.740. The number of hydrogen-bond donors (Lipinski definition) is 1. The standard InChI is InChI=1S/C11H16O/c1-2-3-4-5-10-6-8-11(12)9-7-10/h1,6,8,10-12H,3-5,7,9H2. The Bertz CT molecular complexity index is 188. The molecule has 1 heteroatoms. The van der Waals surface area contributed by atoms with E-state index in [0.29, 0.717) is 5.92 Å². The second-order valence-corrected chi connectivity index (χ2v) is 3.39. The molecule has 66 valence electrons. The van der Waals surface area contributed by atoms with Crippen molar-refractivity contribution in [2.45, 2.75) is 38.2 Å². The van der Waals surface area contributed by atoms with Gasteiger partial charge in [-0.2, -0.15) is 0 Å². The van der Waals surface area contributed by atoms with Gasteiger partial charge in [-0.25, -0.2) is 0 Å². The quantitative estimate of drug-likeness (QED) is 0.385. The van der Waals surface area contributed by atoms with Crippen LogP contribution in [0.1, 0.15) is 32.1 Å². The van der Waals surface area contributed by atoms with Crippen molar-refractivity contribution in [3.63, 3.8) is 0 Å². The fourth-order valence-electron chi connectivity index (χ4n) is 1.57. The van der Waals surface area contributed by atoms with Crippen LogP contribution in [0.15, 0.2) is 12.2 Å². The number of terminal acetylenes is 1. The summed E-state index contributed by atoms with van der Waals surface area (Å²) >= 11 is 0. The van der Waals surface area contributed by atoms with Gasteiger partial charge in [-0.3, -0.25) is 0 Å². The SMILES string of the molecule is C#CCCCC1C=CC(O)CC1. The van der Waals surface area contributed by atoms with E-state index in [1.54, 1.807) is 0 Å². The summed E-state index contributed by atoms with van der Waals surface area (Å²) in [7, 11) is 0. The molecule has 0 aromatic rings. The predicted octanol–water partition coefficient (Wildman–Crippen LogP) is 2.12. The second-order valence-electron chi connectivity index (χ2n) is 3.39. The van der Waals surface area contributed by atoms with Crippen molar-refractivity contribution < 1.29 is 5.11 Å². The van der Waals surface area contributed by atoms with E-state index in [9.17, 15) is 5.11 Å². The normalized spacial score (nSPS) is 28.3. The Kier molecular flexibility index (Phi) is 3.90. The van der Waals surface area contributed by atoms with Crippen LogP contribution in [-0.4, -0.2) is 11.2 Å². The summed E-state index contributed by atoms with van der Waals surface area (Å²) < 4.78 is 0. The van der Waals surface area contributed by atoms with E-state index >= 15 is 0 Å². The molecule has 12 heavy (non-hydrogen) atoms. The van der Waals surface area contributed by atoms with E-state index in [2.05, 4.69) is 12.0 Å². The molecule has 0 aromatic carbocycles. The van der Waals surface area contributed by atoms with Gasteiger partial charge >= 0.3 is 0 Å². The van der Waals surface area contributed by atoms with Crippen LogP contribution in [0, 0.1) is 18.3 Å². The van der Waals surface area contributed by atoms with Crippen molar-refractivity contribution in [3.8, 4) is 12.3 Å². The number of aliphatic hydroxyl groups is 1. The molecule has 1 N–H and O–H groups in total. The van der Waals surface area contributed by atoms with Crippen molar-refractivity contribution >= 4 is 0 Å². The van der Waals surface area contributed by atoms with Gasteiger partial charge in [0, 0.05) is 6.42 Å². The summed E-state index contributed by atoms with van der Waals surface area (Å²) in [5.41, 5.74) is 0. The minimum atomic E-state index is -0.200. The van der Waals surface area contributed by atoms with E-state index in [0.717, 1.165) is 25.7 Å². The van der Waals surface area contributed by atoms with E-state index < -0.39 is 0 Å². The van der Waals surface area contributed by atoms with Gasteiger partial charge in [-0.1, -0.05) is 12.2 Å². The lowest BCUT2D eigenvalue weighted by atomic mass is 9.90. The summed E-state index contributed by atoms with van der Waals surface area (Å²) in [6.07, 6.45) is 14.2. The van der Waals surface area contributed by atoms with Gasteiger partial charge in [-0.05, 0) is 31.6 Å². The molecule has 0 saturated heterocycles. The van der Waals surface area contributed by atoms with Crippen LogP contribution in [0.5, 0.6) is 0 Å². The molecule has 0 amide bonds. The highest BCUT2D eigenvalue weighted by molar-refractivity contribution is 4.98. The van der Waals surface area contributed by atoms with Crippen molar-refractivity contribution in [2.24, 2.45) is 5.92 Å². The molecule has 1 aliphatic rings. The third kappa shape index (κ3) is 3.11. The lowest BCUT2D eigenvalue weighted by molar-refractivity contribution is 0.193. The molecule has 0 spiro atoms. The fourth-order valence-corrected chi connectivity index (χ4v) is 1.57. The third-order valence-electron chi connectivity index (χ3n) is 2.33. The highest BCUT2D eigenvalue weighted by Gasteiger charge is 2.12. The van der Waals surface area contributed by atoms with Gasteiger partial charge in [0.25, 0.3) is 0 Å².